The van der Waals surface area contributed by atoms with Crippen LogP contribution in [0.3, 0.4) is 0 Å². The summed E-state index contributed by atoms with van der Waals surface area (Å²) in [5.41, 5.74) is 6.62. The number of hydrogen-bond donors (Lipinski definition) is 2. The summed E-state index contributed by atoms with van der Waals surface area (Å²) < 4.78 is 4.69. The Morgan fingerprint density at radius 1 is 1.58 bits per heavy atom. The van der Waals surface area contributed by atoms with Gasteiger partial charge < -0.3 is 15.1 Å². The fourth-order valence-corrected chi connectivity index (χ4v) is 0.669. The lowest BCUT2D eigenvalue weighted by molar-refractivity contribution is -0.402. The minimum absolute atomic E-state index is 0.144. The number of nitro groups is 1. The van der Waals surface area contributed by atoms with Gasteiger partial charge in [-0.2, -0.15) is 5.10 Å². The SMILES string of the molecule is CN(C)C=O.NC(=O)N/N=C/c1ccc([N+](=O)[O-])o1. The number of nitrogens with zero attached hydrogens (tertiary/aromatic N) is 3. The van der Waals surface area contributed by atoms with Crippen LogP contribution in [-0.4, -0.2) is 42.6 Å². The molecule has 0 aromatic carbocycles. The molecule has 10 heteroatoms. The first-order valence-corrected chi connectivity index (χ1v) is 4.81. The van der Waals surface area contributed by atoms with E-state index in [1.807, 2.05) is 5.43 Å². The van der Waals surface area contributed by atoms with Gasteiger partial charge in [0.15, 0.2) is 5.76 Å². The number of nitrogens with one attached hydrogen (secondary N) is 1. The molecule has 0 unspecified atom stereocenters. The van der Waals surface area contributed by atoms with Crippen molar-refractivity contribution >= 4 is 24.5 Å². The fourth-order valence-electron chi connectivity index (χ4n) is 0.669. The molecule has 1 aromatic rings. The van der Waals surface area contributed by atoms with E-state index in [2.05, 4.69) is 9.52 Å². The Morgan fingerprint density at radius 2 is 2.16 bits per heavy atom. The van der Waals surface area contributed by atoms with E-state index in [0.717, 1.165) is 12.6 Å². The summed E-state index contributed by atoms with van der Waals surface area (Å²) in [6.07, 6.45) is 1.85. The average Bonchev–Trinajstić information content (AvgIpc) is 2.78. The highest BCUT2D eigenvalue weighted by Crippen LogP contribution is 2.13. The second-order valence-electron chi connectivity index (χ2n) is 3.24. The lowest BCUT2D eigenvalue weighted by Crippen LogP contribution is -2.24. The van der Waals surface area contributed by atoms with Crippen LogP contribution in [-0.2, 0) is 4.79 Å². The largest absolute Gasteiger partial charge is 0.433 e. The van der Waals surface area contributed by atoms with Crippen LogP contribution in [0.1, 0.15) is 5.76 Å². The number of nitrogens with two attached hydrogens (primary N) is 1. The number of carbonyl (C=O) groups excluding carboxylic acids is 2. The quantitative estimate of drug-likeness (QED) is 0.340. The van der Waals surface area contributed by atoms with Gasteiger partial charge in [-0.3, -0.25) is 14.9 Å². The number of hydrogen-bond acceptors (Lipinski definition) is 6. The third-order valence-corrected chi connectivity index (χ3v) is 1.37. The normalized spacial score (nSPS) is 9.37. The number of hydrazone groups is 1. The molecule has 0 aliphatic rings. The van der Waals surface area contributed by atoms with Gasteiger partial charge in [-0.15, -0.1) is 0 Å². The number of urea groups is 1. The summed E-state index contributed by atoms with van der Waals surface area (Å²) in [4.78, 5) is 30.5. The van der Waals surface area contributed by atoms with Crippen LogP contribution in [0.2, 0.25) is 0 Å². The minimum atomic E-state index is -0.831. The summed E-state index contributed by atoms with van der Waals surface area (Å²) in [6.45, 7) is 0. The standard InChI is InChI=1S/C6H6N4O4.C3H7NO/c7-6(11)9-8-3-4-1-2-5(14-4)10(12)13;1-4(2)3-5/h1-3H,(H3,7,9,11);3H,1-2H3/b8-3+;. The molecule has 1 heterocycles. The topological polar surface area (TPSA) is 144 Å². The van der Waals surface area contributed by atoms with Crippen LogP contribution < -0.4 is 11.2 Å². The highest BCUT2D eigenvalue weighted by Gasteiger charge is 2.09. The van der Waals surface area contributed by atoms with Gasteiger partial charge in [-0.05, 0) is 6.07 Å². The first-order chi connectivity index (χ1) is 8.86. The van der Waals surface area contributed by atoms with Crippen LogP contribution in [0.25, 0.3) is 0 Å². The maximum Gasteiger partial charge on any atom is 0.433 e. The highest BCUT2D eigenvalue weighted by molar-refractivity contribution is 5.78. The second-order valence-corrected chi connectivity index (χ2v) is 3.24. The van der Waals surface area contributed by atoms with Crippen molar-refractivity contribution in [3.63, 3.8) is 0 Å². The van der Waals surface area contributed by atoms with Crippen molar-refractivity contribution in [2.45, 2.75) is 0 Å². The van der Waals surface area contributed by atoms with Crippen molar-refractivity contribution in [2.24, 2.45) is 10.8 Å². The predicted octanol–water partition coefficient (Wildman–Crippen LogP) is -0.106. The molecule has 1 aromatic heterocycles. The Labute approximate surface area is 108 Å². The Balaban J connectivity index is 0.000000555. The molecule has 0 fully saturated rings. The lowest BCUT2D eigenvalue weighted by Gasteiger charge is -1.93. The summed E-state index contributed by atoms with van der Waals surface area (Å²) in [7, 11) is 3.38. The van der Waals surface area contributed by atoms with Gasteiger partial charge in [0.1, 0.15) is 4.92 Å². The molecule has 0 saturated heterocycles. The van der Waals surface area contributed by atoms with Crippen molar-refractivity contribution in [1.29, 1.82) is 0 Å². The molecule has 0 radical (unpaired) electrons. The first kappa shape index (κ1) is 16.1. The van der Waals surface area contributed by atoms with Gasteiger partial charge in [0.2, 0.25) is 6.41 Å². The molecule has 19 heavy (non-hydrogen) atoms. The maximum absolute atomic E-state index is 10.2. The number of rotatable bonds is 4. The maximum atomic E-state index is 10.2. The Morgan fingerprint density at radius 3 is 2.53 bits per heavy atom. The first-order valence-electron chi connectivity index (χ1n) is 4.81. The van der Waals surface area contributed by atoms with Crippen molar-refractivity contribution in [3.8, 4) is 0 Å². The zero-order valence-corrected chi connectivity index (χ0v) is 10.3. The molecule has 0 aliphatic carbocycles. The van der Waals surface area contributed by atoms with E-state index in [9.17, 15) is 19.7 Å². The molecular formula is C9H13N5O5. The van der Waals surface area contributed by atoms with E-state index in [0.29, 0.717) is 0 Å². The number of amides is 3. The third kappa shape index (κ3) is 7.90. The summed E-state index contributed by atoms with van der Waals surface area (Å²) in [5.74, 6) is -0.254. The van der Waals surface area contributed by atoms with Crippen molar-refractivity contribution in [2.75, 3.05) is 14.1 Å². The molecule has 0 atom stereocenters. The second kappa shape index (κ2) is 8.22. The van der Waals surface area contributed by atoms with Gasteiger partial charge >= 0.3 is 11.9 Å². The average molecular weight is 271 g/mol. The van der Waals surface area contributed by atoms with Crippen LogP contribution in [0.15, 0.2) is 21.7 Å². The van der Waals surface area contributed by atoms with E-state index >= 15 is 0 Å². The number of furan rings is 1. The van der Waals surface area contributed by atoms with Crippen molar-refractivity contribution < 1.29 is 18.9 Å². The molecule has 1 rings (SSSR count). The van der Waals surface area contributed by atoms with E-state index in [-0.39, 0.29) is 5.76 Å². The van der Waals surface area contributed by atoms with Crippen LogP contribution in [0.5, 0.6) is 0 Å². The molecule has 3 amide bonds. The number of carbonyl (C=O) groups is 2. The van der Waals surface area contributed by atoms with Gasteiger partial charge in [-0.25, -0.2) is 10.2 Å². The predicted molar refractivity (Wildman–Crippen MR) is 65.4 cm³/mol. The highest BCUT2D eigenvalue weighted by atomic mass is 16.6. The summed E-state index contributed by atoms with van der Waals surface area (Å²) >= 11 is 0. The molecule has 0 aliphatic heterocycles. The van der Waals surface area contributed by atoms with Crippen molar-refractivity contribution in [1.82, 2.24) is 10.3 Å². The fraction of sp³-hybridized carbons (Fsp3) is 0.222. The monoisotopic (exact) mass is 271 g/mol. The van der Waals surface area contributed by atoms with Crippen molar-refractivity contribution in [3.05, 3.63) is 28.0 Å². The Bertz CT molecular complexity index is 467. The van der Waals surface area contributed by atoms with Crippen LogP contribution in [0, 0.1) is 10.1 Å². The summed E-state index contributed by atoms with van der Waals surface area (Å²) in [5, 5.41) is 13.5. The van der Waals surface area contributed by atoms with E-state index in [4.69, 9.17) is 5.73 Å². The van der Waals surface area contributed by atoms with Gasteiger partial charge in [0.25, 0.3) is 0 Å². The number of primary amides is 1. The molecule has 0 bridgehead atoms. The van der Waals surface area contributed by atoms with E-state index < -0.39 is 16.8 Å². The zero-order valence-electron chi connectivity index (χ0n) is 10.3. The van der Waals surface area contributed by atoms with Crippen LogP contribution >= 0.6 is 0 Å². The minimum Gasteiger partial charge on any atom is -0.400 e. The molecular weight excluding hydrogens is 258 g/mol. The lowest BCUT2D eigenvalue weighted by atomic mass is 10.5. The zero-order chi connectivity index (χ0) is 14.8. The summed E-state index contributed by atoms with van der Waals surface area (Å²) in [6, 6.07) is 1.68. The van der Waals surface area contributed by atoms with E-state index in [1.165, 1.54) is 17.0 Å². The molecule has 0 spiro atoms. The molecule has 104 valence electrons. The van der Waals surface area contributed by atoms with Gasteiger partial charge in [0.05, 0.1) is 12.3 Å². The van der Waals surface area contributed by atoms with Gasteiger partial charge in [-0.1, -0.05) is 0 Å². The van der Waals surface area contributed by atoms with Crippen LogP contribution in [0.4, 0.5) is 10.7 Å². The molecule has 10 nitrogen and oxygen atoms in total. The molecule has 3 N–H and O–H groups in total. The smallest absolute Gasteiger partial charge is 0.400 e. The van der Waals surface area contributed by atoms with Gasteiger partial charge in [0, 0.05) is 14.1 Å². The Kier molecular flexibility index (Phi) is 6.96. The Hall–Kier alpha value is -2.91. The molecule has 0 saturated carbocycles. The van der Waals surface area contributed by atoms with E-state index in [1.54, 1.807) is 14.1 Å². The third-order valence-electron chi connectivity index (χ3n) is 1.37.